The third kappa shape index (κ3) is 4.01. The summed E-state index contributed by atoms with van der Waals surface area (Å²) in [5.41, 5.74) is 5.37. The van der Waals surface area contributed by atoms with E-state index in [0.29, 0.717) is 6.61 Å². The molecule has 0 saturated carbocycles. The molecule has 4 rings (SSSR count). The smallest absolute Gasteiger partial charge is 0.0963 e. The van der Waals surface area contributed by atoms with Crippen LogP contribution in [0.5, 0.6) is 0 Å². The van der Waals surface area contributed by atoms with Crippen LogP contribution in [0.25, 0.3) is 0 Å². The molecule has 0 aliphatic carbocycles. The van der Waals surface area contributed by atoms with E-state index in [-0.39, 0.29) is 5.60 Å². The second kappa shape index (κ2) is 8.81. The van der Waals surface area contributed by atoms with Gasteiger partial charge in [0.05, 0.1) is 18.8 Å². The molecule has 0 atom stereocenters. The highest BCUT2D eigenvalue weighted by Crippen LogP contribution is 2.44. The first-order chi connectivity index (χ1) is 12.8. The van der Waals surface area contributed by atoms with Crippen LogP contribution in [0.2, 0.25) is 0 Å². The maximum atomic E-state index is 6.25. The predicted molar refractivity (Wildman–Crippen MR) is 106 cm³/mol. The summed E-state index contributed by atoms with van der Waals surface area (Å²) in [6.45, 7) is 8.66. The van der Waals surface area contributed by atoms with Gasteiger partial charge in [0.1, 0.15) is 0 Å². The largest absolute Gasteiger partial charge is 0.380 e. The first kappa shape index (κ1) is 19.1. The number of fused-ring (bicyclic) bond motifs is 2. The summed E-state index contributed by atoms with van der Waals surface area (Å²) < 4.78 is 11.4. The van der Waals surface area contributed by atoms with Crippen molar-refractivity contribution >= 4 is 0 Å². The van der Waals surface area contributed by atoms with Crippen molar-refractivity contribution in [3.8, 4) is 0 Å². The van der Waals surface area contributed by atoms with Gasteiger partial charge in [0.25, 0.3) is 0 Å². The number of hydrogen-bond acceptors (Lipinski definition) is 3. The molecule has 3 heteroatoms. The molecule has 140 valence electrons. The van der Waals surface area contributed by atoms with E-state index in [0.717, 1.165) is 39.1 Å². The first-order valence-electron chi connectivity index (χ1n) is 9.80. The van der Waals surface area contributed by atoms with Gasteiger partial charge in [0.15, 0.2) is 0 Å². The molecule has 26 heavy (non-hydrogen) atoms. The number of likely N-dealkylation sites (tertiary alicyclic amines) is 1. The summed E-state index contributed by atoms with van der Waals surface area (Å²) in [4.78, 5) is 2.54. The SMILES string of the molecule is CC.COCc1ccc(CN2CCC3(CC2)OCc2ccccc23)cc1. The number of hydrogen-bond donors (Lipinski definition) is 0. The third-order valence-electron chi connectivity index (χ3n) is 5.42. The van der Waals surface area contributed by atoms with Crippen LogP contribution in [0.15, 0.2) is 48.5 Å². The van der Waals surface area contributed by atoms with Gasteiger partial charge in [-0.1, -0.05) is 62.4 Å². The number of piperidine rings is 1. The summed E-state index contributed by atoms with van der Waals surface area (Å²) >= 11 is 0. The highest BCUT2D eigenvalue weighted by Gasteiger charge is 2.42. The van der Waals surface area contributed by atoms with Crippen LogP contribution in [0.3, 0.4) is 0 Å². The third-order valence-corrected chi connectivity index (χ3v) is 5.42. The fourth-order valence-electron chi connectivity index (χ4n) is 4.04. The van der Waals surface area contributed by atoms with Crippen LogP contribution in [-0.2, 0) is 34.8 Å². The Labute approximate surface area is 157 Å². The summed E-state index contributed by atoms with van der Waals surface area (Å²) in [6.07, 6.45) is 2.18. The summed E-state index contributed by atoms with van der Waals surface area (Å²) in [7, 11) is 1.74. The van der Waals surface area contributed by atoms with E-state index in [1.807, 2.05) is 13.8 Å². The minimum atomic E-state index is -0.0323. The van der Waals surface area contributed by atoms with Crippen LogP contribution >= 0.6 is 0 Å². The van der Waals surface area contributed by atoms with Crippen molar-refractivity contribution in [1.29, 1.82) is 0 Å². The van der Waals surface area contributed by atoms with Gasteiger partial charge in [-0.2, -0.15) is 0 Å². The topological polar surface area (TPSA) is 21.7 Å². The molecule has 2 aromatic carbocycles. The van der Waals surface area contributed by atoms with Gasteiger partial charge >= 0.3 is 0 Å². The molecule has 2 heterocycles. The van der Waals surface area contributed by atoms with Crippen LogP contribution < -0.4 is 0 Å². The number of methoxy groups -OCH3 is 1. The fourth-order valence-corrected chi connectivity index (χ4v) is 4.04. The molecule has 1 saturated heterocycles. The van der Waals surface area contributed by atoms with Crippen molar-refractivity contribution < 1.29 is 9.47 Å². The van der Waals surface area contributed by atoms with Crippen LogP contribution in [0.4, 0.5) is 0 Å². The van der Waals surface area contributed by atoms with Gasteiger partial charge in [0.2, 0.25) is 0 Å². The van der Waals surface area contributed by atoms with Crippen LogP contribution in [-0.4, -0.2) is 25.1 Å². The molecule has 0 amide bonds. The highest BCUT2D eigenvalue weighted by molar-refractivity contribution is 5.36. The molecule has 0 N–H and O–H groups in total. The lowest BCUT2D eigenvalue weighted by atomic mass is 9.84. The van der Waals surface area contributed by atoms with Crippen LogP contribution in [0, 0.1) is 0 Å². The second-order valence-electron chi connectivity index (χ2n) is 6.97. The van der Waals surface area contributed by atoms with E-state index < -0.39 is 0 Å². The van der Waals surface area contributed by atoms with Gasteiger partial charge in [0, 0.05) is 26.7 Å². The Morgan fingerprint density at radius 3 is 2.31 bits per heavy atom. The molecule has 0 aromatic heterocycles. The molecule has 3 nitrogen and oxygen atoms in total. The van der Waals surface area contributed by atoms with Gasteiger partial charge in [-0.05, 0) is 35.1 Å². The Kier molecular flexibility index (Phi) is 6.47. The van der Waals surface area contributed by atoms with Crippen molar-refractivity contribution in [1.82, 2.24) is 4.90 Å². The zero-order valence-corrected chi connectivity index (χ0v) is 16.3. The molecule has 0 bridgehead atoms. The van der Waals surface area contributed by atoms with Gasteiger partial charge in [-0.25, -0.2) is 0 Å². The Morgan fingerprint density at radius 2 is 1.62 bits per heavy atom. The van der Waals surface area contributed by atoms with Crippen molar-refractivity contribution in [3.05, 3.63) is 70.8 Å². The zero-order chi connectivity index (χ0) is 18.4. The van der Waals surface area contributed by atoms with Gasteiger partial charge < -0.3 is 9.47 Å². The molecule has 0 unspecified atom stereocenters. The van der Waals surface area contributed by atoms with Crippen molar-refractivity contribution in [2.45, 2.75) is 52.0 Å². The minimum Gasteiger partial charge on any atom is -0.380 e. The first-order valence-corrected chi connectivity index (χ1v) is 9.80. The average Bonchev–Trinajstić information content (AvgIpc) is 3.06. The number of ether oxygens (including phenoxy) is 2. The summed E-state index contributed by atoms with van der Waals surface area (Å²) in [6, 6.07) is 17.5. The van der Waals surface area contributed by atoms with Gasteiger partial charge in [-0.15, -0.1) is 0 Å². The predicted octanol–water partition coefficient (Wildman–Crippen LogP) is 4.88. The van der Waals surface area contributed by atoms with Crippen molar-refractivity contribution in [3.63, 3.8) is 0 Å². The normalized spacial score (nSPS) is 18.3. The molecule has 1 fully saturated rings. The quantitative estimate of drug-likeness (QED) is 0.782. The van der Waals surface area contributed by atoms with E-state index >= 15 is 0 Å². The Bertz CT molecular complexity index is 688. The molecular weight excluding hydrogens is 322 g/mol. The molecule has 0 radical (unpaired) electrons. The highest BCUT2D eigenvalue weighted by atomic mass is 16.5. The number of benzene rings is 2. The van der Waals surface area contributed by atoms with E-state index in [4.69, 9.17) is 9.47 Å². The van der Waals surface area contributed by atoms with E-state index in [1.165, 1.54) is 22.3 Å². The second-order valence-corrected chi connectivity index (χ2v) is 6.97. The van der Waals surface area contributed by atoms with Gasteiger partial charge in [-0.3, -0.25) is 4.90 Å². The van der Waals surface area contributed by atoms with E-state index in [1.54, 1.807) is 7.11 Å². The monoisotopic (exact) mass is 353 g/mol. The van der Waals surface area contributed by atoms with Crippen molar-refractivity contribution in [2.75, 3.05) is 20.2 Å². The molecule has 2 aromatic rings. The Balaban J connectivity index is 0.000000948. The summed E-state index contributed by atoms with van der Waals surface area (Å²) in [5, 5.41) is 0. The number of rotatable bonds is 4. The number of nitrogens with zero attached hydrogens (tertiary/aromatic N) is 1. The minimum absolute atomic E-state index is 0.0323. The fraction of sp³-hybridized carbons (Fsp3) is 0.478. The lowest BCUT2D eigenvalue weighted by molar-refractivity contribution is -0.0799. The van der Waals surface area contributed by atoms with Crippen LogP contribution in [0.1, 0.15) is 48.9 Å². The molecule has 2 aliphatic rings. The van der Waals surface area contributed by atoms with Crippen molar-refractivity contribution in [2.24, 2.45) is 0 Å². The average molecular weight is 354 g/mol. The molecule has 1 spiro atoms. The van der Waals surface area contributed by atoms with E-state index in [2.05, 4.69) is 53.4 Å². The zero-order valence-electron chi connectivity index (χ0n) is 16.3. The Morgan fingerprint density at radius 1 is 0.962 bits per heavy atom. The Hall–Kier alpha value is -1.68. The molecular formula is C23H31NO2. The van der Waals surface area contributed by atoms with E-state index in [9.17, 15) is 0 Å². The standard InChI is InChI=1S/C21H25NO2.C2H6/c1-23-15-18-8-6-17(7-9-18)14-22-12-10-21(11-13-22)20-5-3-2-4-19(20)16-24-21;1-2/h2-9H,10-16H2,1H3;1-2H3. The summed E-state index contributed by atoms with van der Waals surface area (Å²) in [5.74, 6) is 0. The lowest BCUT2D eigenvalue weighted by Crippen LogP contribution is -2.42. The lowest BCUT2D eigenvalue weighted by Gasteiger charge is -2.39. The molecule has 2 aliphatic heterocycles. The maximum Gasteiger partial charge on any atom is 0.0963 e. The maximum absolute atomic E-state index is 6.25.